The summed E-state index contributed by atoms with van der Waals surface area (Å²) in [5.74, 6) is 0. The highest BCUT2D eigenvalue weighted by Crippen LogP contribution is 2.28. The van der Waals surface area contributed by atoms with Crippen molar-refractivity contribution in [1.82, 2.24) is 9.97 Å². The molecule has 0 amide bonds. The molecule has 2 heterocycles. The highest BCUT2D eigenvalue weighted by atomic mass is 35.5. The van der Waals surface area contributed by atoms with Gasteiger partial charge in [0, 0.05) is 16.3 Å². The second kappa shape index (κ2) is 13.4. The zero-order chi connectivity index (χ0) is 26.9. The van der Waals surface area contributed by atoms with E-state index in [1.54, 1.807) is 30.3 Å². The maximum absolute atomic E-state index is 8.58. The Morgan fingerprint density at radius 2 is 1.00 bits per heavy atom. The number of hydrogen-bond donors (Lipinski definition) is 2. The van der Waals surface area contributed by atoms with Crippen LogP contribution in [-0.2, 0) is 0 Å². The fraction of sp³-hybridized carbons (Fsp3) is 0. The van der Waals surface area contributed by atoms with Crippen LogP contribution in [0.5, 0.6) is 0 Å². The molecule has 4 aromatic carbocycles. The Kier molecular flexibility index (Phi) is 9.71. The molecular formula is C30H22BCl3N2O2. The van der Waals surface area contributed by atoms with Gasteiger partial charge in [0.2, 0.25) is 0 Å². The van der Waals surface area contributed by atoms with Gasteiger partial charge in [0.15, 0.2) is 0 Å². The Morgan fingerprint density at radius 3 is 1.58 bits per heavy atom. The molecule has 0 bridgehead atoms. The summed E-state index contributed by atoms with van der Waals surface area (Å²) in [6.07, 6.45) is 0. The van der Waals surface area contributed by atoms with Crippen molar-refractivity contribution in [3.05, 3.63) is 137 Å². The van der Waals surface area contributed by atoms with Crippen molar-refractivity contribution in [2.24, 2.45) is 0 Å². The van der Waals surface area contributed by atoms with Crippen molar-refractivity contribution in [2.75, 3.05) is 0 Å². The van der Waals surface area contributed by atoms with E-state index in [0.717, 1.165) is 32.8 Å². The second-order valence-corrected chi connectivity index (χ2v) is 9.25. The van der Waals surface area contributed by atoms with E-state index in [2.05, 4.69) is 22.1 Å². The quantitative estimate of drug-likeness (QED) is 0.171. The molecule has 8 heteroatoms. The number of pyridine rings is 2. The van der Waals surface area contributed by atoms with Crippen molar-refractivity contribution in [2.45, 2.75) is 0 Å². The van der Waals surface area contributed by atoms with E-state index in [-0.39, 0.29) is 0 Å². The molecule has 2 aromatic heterocycles. The van der Waals surface area contributed by atoms with Gasteiger partial charge in [-0.2, -0.15) is 0 Å². The number of halogens is 3. The zero-order valence-electron chi connectivity index (χ0n) is 20.0. The number of hydrogen-bond acceptors (Lipinski definition) is 4. The summed E-state index contributed by atoms with van der Waals surface area (Å²) in [5, 5.41) is 22.8. The third kappa shape index (κ3) is 7.32. The van der Waals surface area contributed by atoms with Gasteiger partial charge in [-0.1, -0.05) is 144 Å². The largest absolute Gasteiger partial charge is 0.488 e. The molecule has 0 fully saturated rings. The molecule has 0 unspecified atom stereocenters. The van der Waals surface area contributed by atoms with E-state index in [1.165, 1.54) is 0 Å². The van der Waals surface area contributed by atoms with Crippen LogP contribution in [0.4, 0.5) is 0 Å². The number of rotatable bonds is 2. The molecule has 2 N–H and O–H groups in total. The Bertz CT molecular complexity index is 1640. The van der Waals surface area contributed by atoms with Gasteiger partial charge in [-0.3, -0.25) is 0 Å². The van der Waals surface area contributed by atoms with Crippen LogP contribution in [0, 0.1) is 0 Å². The minimum absolute atomic E-state index is 0.429. The Morgan fingerprint density at radius 1 is 0.526 bits per heavy atom. The Labute approximate surface area is 236 Å². The summed E-state index contributed by atoms with van der Waals surface area (Å²) in [4.78, 5) is 8.37. The molecule has 4 nitrogen and oxygen atoms in total. The first-order valence-electron chi connectivity index (χ1n) is 11.6. The molecular weight excluding hydrogens is 538 g/mol. The van der Waals surface area contributed by atoms with Gasteiger partial charge in [0.1, 0.15) is 15.5 Å². The lowest BCUT2D eigenvalue weighted by atomic mass is 9.81. The first-order valence-corrected chi connectivity index (χ1v) is 12.8. The number of nitrogens with zero attached hydrogens (tertiary/aromatic N) is 2. The van der Waals surface area contributed by atoms with E-state index in [9.17, 15) is 0 Å². The van der Waals surface area contributed by atoms with Crippen molar-refractivity contribution in [3.63, 3.8) is 0 Å². The molecule has 0 atom stereocenters. The topological polar surface area (TPSA) is 66.2 Å². The maximum Gasteiger partial charge on any atom is 0.488 e. The summed E-state index contributed by atoms with van der Waals surface area (Å²) < 4.78 is 0. The highest BCUT2D eigenvalue weighted by molar-refractivity contribution is 6.58. The lowest BCUT2D eigenvalue weighted by Crippen LogP contribution is -2.29. The summed E-state index contributed by atoms with van der Waals surface area (Å²) in [5.41, 5.74) is 2.55. The molecule has 0 spiro atoms. The summed E-state index contributed by atoms with van der Waals surface area (Å²) in [7, 11) is -1.34. The lowest BCUT2D eigenvalue weighted by Gasteiger charge is -2.06. The van der Waals surface area contributed by atoms with Crippen molar-refractivity contribution in [1.29, 1.82) is 0 Å². The van der Waals surface area contributed by atoms with Gasteiger partial charge >= 0.3 is 7.12 Å². The molecule has 0 saturated carbocycles. The standard InChI is InChI=1S/C15H10ClN.C9H5Cl2N.C6H7BO2/c16-14-10-12-8-4-5-9-13(12)15(17-14)11-6-2-1-3-7-11;10-8-5-6-3-1-2-4-7(6)9(11)12-8;8-7(9)6-4-2-1-3-5-6/h1-10H;1-5H;1-5,8-9H. The van der Waals surface area contributed by atoms with Gasteiger partial charge in [0.25, 0.3) is 0 Å². The van der Waals surface area contributed by atoms with Crippen LogP contribution in [0.25, 0.3) is 32.8 Å². The van der Waals surface area contributed by atoms with E-state index in [4.69, 9.17) is 44.9 Å². The Hall–Kier alpha value is -3.45. The number of benzene rings is 4. The van der Waals surface area contributed by atoms with Crippen LogP contribution < -0.4 is 5.46 Å². The first-order chi connectivity index (χ1) is 18.4. The third-order valence-corrected chi connectivity index (χ3v) is 6.19. The van der Waals surface area contributed by atoms with E-state index < -0.39 is 7.12 Å². The molecule has 0 aliphatic carbocycles. The minimum Gasteiger partial charge on any atom is -0.423 e. The Balaban J connectivity index is 0.000000141. The van der Waals surface area contributed by atoms with Crippen LogP contribution in [0.1, 0.15) is 0 Å². The van der Waals surface area contributed by atoms with Crippen LogP contribution in [0.3, 0.4) is 0 Å². The number of aromatic nitrogens is 2. The predicted octanol–water partition coefficient (Wildman–Crippen LogP) is 7.46. The molecule has 38 heavy (non-hydrogen) atoms. The van der Waals surface area contributed by atoms with E-state index in [0.29, 0.717) is 20.9 Å². The average molecular weight is 560 g/mol. The summed E-state index contributed by atoms with van der Waals surface area (Å²) in [6.45, 7) is 0. The number of fused-ring (bicyclic) bond motifs is 2. The molecule has 0 aliphatic rings. The van der Waals surface area contributed by atoms with Crippen molar-refractivity contribution >= 4 is 68.9 Å². The molecule has 188 valence electrons. The van der Waals surface area contributed by atoms with E-state index >= 15 is 0 Å². The lowest BCUT2D eigenvalue weighted by molar-refractivity contribution is 0.426. The van der Waals surface area contributed by atoms with Crippen LogP contribution in [-0.4, -0.2) is 27.1 Å². The van der Waals surface area contributed by atoms with Gasteiger partial charge in [-0.25, -0.2) is 9.97 Å². The maximum atomic E-state index is 8.58. The fourth-order valence-corrected chi connectivity index (χ4v) is 4.44. The third-order valence-electron chi connectivity index (χ3n) is 5.52. The fourth-order valence-electron chi connectivity index (χ4n) is 3.73. The smallest absolute Gasteiger partial charge is 0.423 e. The average Bonchev–Trinajstić information content (AvgIpc) is 2.94. The van der Waals surface area contributed by atoms with Crippen LogP contribution in [0.15, 0.2) is 121 Å². The monoisotopic (exact) mass is 558 g/mol. The zero-order valence-corrected chi connectivity index (χ0v) is 22.3. The SMILES string of the molecule is Clc1cc2ccccc2c(-c2ccccc2)n1.Clc1cc2ccccc2c(Cl)n1.OB(O)c1ccccc1. The van der Waals surface area contributed by atoms with Crippen molar-refractivity contribution < 1.29 is 10.0 Å². The molecule has 6 rings (SSSR count). The molecule has 6 aromatic rings. The predicted molar refractivity (Wildman–Crippen MR) is 160 cm³/mol. The van der Waals surface area contributed by atoms with Gasteiger partial charge in [0.05, 0.1) is 5.69 Å². The normalized spacial score (nSPS) is 10.2. The van der Waals surface area contributed by atoms with E-state index in [1.807, 2.05) is 78.9 Å². The minimum atomic E-state index is -1.34. The second-order valence-electron chi connectivity index (χ2n) is 8.12. The van der Waals surface area contributed by atoms with Crippen molar-refractivity contribution in [3.8, 4) is 11.3 Å². The van der Waals surface area contributed by atoms with Crippen LogP contribution in [0.2, 0.25) is 15.5 Å². The highest BCUT2D eigenvalue weighted by Gasteiger charge is 2.08. The first kappa shape index (κ1) is 27.6. The molecule has 0 radical (unpaired) electrons. The van der Waals surface area contributed by atoms with Crippen LogP contribution >= 0.6 is 34.8 Å². The summed E-state index contributed by atoms with van der Waals surface area (Å²) in [6, 6.07) is 38.3. The van der Waals surface area contributed by atoms with Gasteiger partial charge in [-0.15, -0.1) is 0 Å². The summed E-state index contributed by atoms with van der Waals surface area (Å²) >= 11 is 17.7. The van der Waals surface area contributed by atoms with Gasteiger partial charge in [-0.05, 0) is 28.4 Å². The molecule has 0 saturated heterocycles. The van der Waals surface area contributed by atoms with Gasteiger partial charge < -0.3 is 10.0 Å². The molecule has 0 aliphatic heterocycles.